The van der Waals surface area contributed by atoms with Gasteiger partial charge < -0.3 is 15.1 Å². The van der Waals surface area contributed by atoms with Crippen molar-refractivity contribution in [2.45, 2.75) is 17.1 Å². The predicted octanol–water partition coefficient (Wildman–Crippen LogP) is 3.41. The highest BCUT2D eigenvalue weighted by atomic mass is 32.2. The molecule has 4 nitrogen and oxygen atoms in total. The van der Waals surface area contributed by atoms with Crippen molar-refractivity contribution < 1.29 is 4.79 Å². The van der Waals surface area contributed by atoms with E-state index in [2.05, 4.69) is 39.7 Å². The molecule has 0 atom stereocenters. The minimum absolute atomic E-state index is 0.0395. The molecule has 1 N–H and O–H groups in total. The predicted molar refractivity (Wildman–Crippen MR) is 111 cm³/mol. The lowest BCUT2D eigenvalue weighted by Gasteiger charge is -2.32. The van der Waals surface area contributed by atoms with Gasteiger partial charge in [-0.3, -0.25) is 4.79 Å². The van der Waals surface area contributed by atoms with Gasteiger partial charge in [0, 0.05) is 48.2 Å². The summed E-state index contributed by atoms with van der Waals surface area (Å²) in [5, 5.41) is 5.19. The summed E-state index contributed by atoms with van der Waals surface area (Å²) in [6, 6.07) is 12.1. The number of nitrogens with zero attached hydrogens (tertiary/aromatic N) is 2. The van der Waals surface area contributed by atoms with Crippen LogP contribution in [0.25, 0.3) is 0 Å². The summed E-state index contributed by atoms with van der Waals surface area (Å²) in [6.45, 7) is 6.33. The topological polar surface area (TPSA) is 35.6 Å². The first-order chi connectivity index (χ1) is 12.7. The number of carbonyl (C=O) groups is 1. The molecule has 2 aromatic rings. The van der Waals surface area contributed by atoms with Crippen LogP contribution in [0.5, 0.6) is 0 Å². The SMILES string of the molecule is CN1CCN(CCCNC(=O)c2ccccc2SCc2cccs2)CC1. The Morgan fingerprint density at radius 2 is 1.96 bits per heavy atom. The van der Waals surface area contributed by atoms with Crippen LogP contribution < -0.4 is 5.32 Å². The van der Waals surface area contributed by atoms with E-state index in [1.54, 1.807) is 23.1 Å². The Kier molecular flexibility index (Phi) is 7.55. The summed E-state index contributed by atoms with van der Waals surface area (Å²) < 4.78 is 0. The number of piperazine rings is 1. The monoisotopic (exact) mass is 389 g/mol. The van der Waals surface area contributed by atoms with E-state index in [0.717, 1.165) is 61.9 Å². The number of likely N-dealkylation sites (N-methyl/N-ethyl adjacent to an activating group) is 1. The van der Waals surface area contributed by atoms with Crippen molar-refractivity contribution in [3.05, 3.63) is 52.2 Å². The first kappa shape index (κ1) is 19.4. The summed E-state index contributed by atoms with van der Waals surface area (Å²) in [4.78, 5) is 19.8. The fourth-order valence-corrected chi connectivity index (χ4v) is 4.82. The molecule has 1 aromatic heterocycles. The van der Waals surface area contributed by atoms with Crippen molar-refractivity contribution in [3.8, 4) is 0 Å². The molecule has 140 valence electrons. The number of thiophene rings is 1. The quantitative estimate of drug-likeness (QED) is 0.554. The molecular formula is C20H27N3OS2. The minimum atomic E-state index is 0.0395. The number of nitrogens with one attached hydrogen (secondary N) is 1. The van der Waals surface area contributed by atoms with Gasteiger partial charge in [0.05, 0.1) is 5.56 Å². The average molecular weight is 390 g/mol. The zero-order valence-corrected chi connectivity index (χ0v) is 17.0. The fourth-order valence-electron chi connectivity index (χ4n) is 2.99. The third-order valence-corrected chi connectivity index (χ3v) is 6.80. The number of benzene rings is 1. The van der Waals surface area contributed by atoms with Crippen LogP contribution in [0, 0.1) is 0 Å². The summed E-state index contributed by atoms with van der Waals surface area (Å²) in [7, 11) is 2.17. The fraction of sp³-hybridized carbons (Fsp3) is 0.450. The number of amides is 1. The lowest BCUT2D eigenvalue weighted by atomic mass is 10.2. The molecule has 1 aromatic carbocycles. The van der Waals surface area contributed by atoms with Gasteiger partial charge in [-0.05, 0) is 43.6 Å². The van der Waals surface area contributed by atoms with Crippen LogP contribution in [0.2, 0.25) is 0 Å². The third kappa shape index (κ3) is 5.84. The highest BCUT2D eigenvalue weighted by Crippen LogP contribution is 2.27. The van der Waals surface area contributed by atoms with Crippen LogP contribution in [0.1, 0.15) is 21.7 Å². The van der Waals surface area contributed by atoms with Crippen molar-refractivity contribution in [2.24, 2.45) is 0 Å². The Morgan fingerprint density at radius 3 is 2.73 bits per heavy atom. The van der Waals surface area contributed by atoms with Gasteiger partial charge >= 0.3 is 0 Å². The molecule has 0 unspecified atom stereocenters. The van der Waals surface area contributed by atoms with Crippen molar-refractivity contribution >= 4 is 29.0 Å². The zero-order valence-electron chi connectivity index (χ0n) is 15.3. The molecule has 2 heterocycles. The summed E-state index contributed by atoms with van der Waals surface area (Å²) >= 11 is 3.49. The lowest BCUT2D eigenvalue weighted by Crippen LogP contribution is -2.45. The number of carbonyl (C=O) groups excluding carboxylic acids is 1. The van der Waals surface area contributed by atoms with E-state index in [9.17, 15) is 4.79 Å². The van der Waals surface area contributed by atoms with Crippen LogP contribution >= 0.6 is 23.1 Å². The molecule has 1 saturated heterocycles. The molecule has 1 amide bonds. The Labute approximate surface area is 164 Å². The molecule has 1 aliphatic heterocycles. The largest absolute Gasteiger partial charge is 0.352 e. The Bertz CT molecular complexity index is 682. The van der Waals surface area contributed by atoms with Gasteiger partial charge in [-0.2, -0.15) is 0 Å². The number of thioether (sulfide) groups is 1. The van der Waals surface area contributed by atoms with Gasteiger partial charge in [0.25, 0.3) is 5.91 Å². The maximum Gasteiger partial charge on any atom is 0.252 e. The second kappa shape index (κ2) is 10.1. The minimum Gasteiger partial charge on any atom is -0.352 e. The van der Waals surface area contributed by atoms with Crippen LogP contribution in [-0.2, 0) is 5.75 Å². The van der Waals surface area contributed by atoms with E-state index < -0.39 is 0 Å². The molecule has 1 aliphatic rings. The molecule has 6 heteroatoms. The first-order valence-corrected chi connectivity index (χ1v) is 11.0. The van der Waals surface area contributed by atoms with Crippen LogP contribution in [0.4, 0.5) is 0 Å². The van der Waals surface area contributed by atoms with Gasteiger partial charge in [-0.15, -0.1) is 23.1 Å². The van der Waals surface area contributed by atoms with Crippen molar-refractivity contribution in [2.75, 3.05) is 46.3 Å². The van der Waals surface area contributed by atoms with Crippen LogP contribution in [0.3, 0.4) is 0 Å². The normalized spacial score (nSPS) is 15.9. The van der Waals surface area contributed by atoms with Crippen molar-refractivity contribution in [3.63, 3.8) is 0 Å². The molecular weight excluding hydrogens is 362 g/mol. The molecule has 3 rings (SSSR count). The second-order valence-corrected chi connectivity index (χ2v) is 8.67. The van der Waals surface area contributed by atoms with Gasteiger partial charge in [0.1, 0.15) is 0 Å². The molecule has 26 heavy (non-hydrogen) atoms. The maximum atomic E-state index is 12.6. The van der Waals surface area contributed by atoms with E-state index in [1.165, 1.54) is 4.88 Å². The van der Waals surface area contributed by atoms with E-state index in [1.807, 2.05) is 24.3 Å². The van der Waals surface area contributed by atoms with Gasteiger partial charge in [-0.25, -0.2) is 0 Å². The summed E-state index contributed by atoms with van der Waals surface area (Å²) in [5.41, 5.74) is 0.786. The van der Waals surface area contributed by atoms with Crippen molar-refractivity contribution in [1.82, 2.24) is 15.1 Å². The number of rotatable bonds is 8. The summed E-state index contributed by atoms with van der Waals surface area (Å²) in [5.74, 6) is 0.948. The standard InChI is InChI=1S/C20H27N3OS2/c1-22-11-13-23(14-12-22)10-5-9-21-20(24)18-7-2-3-8-19(18)26-16-17-6-4-15-25-17/h2-4,6-8,15H,5,9-14,16H2,1H3,(H,21,24). The van der Waals surface area contributed by atoms with E-state index in [0.29, 0.717) is 0 Å². The van der Waals surface area contributed by atoms with Gasteiger partial charge in [-0.1, -0.05) is 18.2 Å². The molecule has 0 spiro atoms. The zero-order chi connectivity index (χ0) is 18.2. The summed E-state index contributed by atoms with van der Waals surface area (Å²) in [6.07, 6.45) is 1.000. The smallest absolute Gasteiger partial charge is 0.252 e. The van der Waals surface area contributed by atoms with Crippen LogP contribution in [-0.4, -0.2) is 62.0 Å². The van der Waals surface area contributed by atoms with Crippen molar-refractivity contribution in [1.29, 1.82) is 0 Å². The maximum absolute atomic E-state index is 12.6. The molecule has 1 fully saturated rings. The average Bonchev–Trinajstić information content (AvgIpc) is 3.19. The molecule has 0 saturated carbocycles. The second-order valence-electron chi connectivity index (χ2n) is 6.62. The first-order valence-electron chi connectivity index (χ1n) is 9.15. The Morgan fingerprint density at radius 1 is 1.15 bits per heavy atom. The molecule has 0 bridgehead atoms. The molecule has 0 radical (unpaired) electrons. The van der Waals surface area contributed by atoms with Crippen LogP contribution in [0.15, 0.2) is 46.7 Å². The van der Waals surface area contributed by atoms with E-state index >= 15 is 0 Å². The number of hydrogen-bond donors (Lipinski definition) is 1. The Balaban J connectivity index is 1.44. The third-order valence-electron chi connectivity index (χ3n) is 4.61. The highest BCUT2D eigenvalue weighted by molar-refractivity contribution is 7.98. The molecule has 0 aliphatic carbocycles. The lowest BCUT2D eigenvalue weighted by molar-refractivity contribution is 0.0946. The van der Waals surface area contributed by atoms with E-state index in [4.69, 9.17) is 0 Å². The van der Waals surface area contributed by atoms with Gasteiger partial charge in [0.15, 0.2) is 0 Å². The van der Waals surface area contributed by atoms with E-state index in [-0.39, 0.29) is 5.91 Å². The van der Waals surface area contributed by atoms with Gasteiger partial charge in [0.2, 0.25) is 0 Å². The Hall–Kier alpha value is -1.34. The highest BCUT2D eigenvalue weighted by Gasteiger charge is 2.14. The number of hydrogen-bond acceptors (Lipinski definition) is 5.